The van der Waals surface area contributed by atoms with E-state index in [0.717, 1.165) is 0 Å². The number of alkyl halides is 5. The van der Waals surface area contributed by atoms with Crippen molar-refractivity contribution < 1.29 is 27.5 Å². The van der Waals surface area contributed by atoms with Crippen molar-refractivity contribution >= 4 is 21.9 Å². The van der Waals surface area contributed by atoms with Gasteiger partial charge in [-0.1, -0.05) is 0 Å². The molecule has 1 saturated carbocycles. The van der Waals surface area contributed by atoms with Gasteiger partial charge in [0.1, 0.15) is 11.3 Å². The second kappa shape index (κ2) is 2.37. The lowest BCUT2D eigenvalue weighted by atomic mass is 10.1. The number of rotatable bonds is 1. The van der Waals surface area contributed by atoms with E-state index in [0.29, 0.717) is 6.92 Å². The van der Waals surface area contributed by atoms with Crippen LogP contribution in [0.15, 0.2) is 0 Å². The Kier molecular flexibility index (Phi) is 1.96. The Morgan fingerprint density at radius 3 is 2.00 bits per heavy atom. The van der Waals surface area contributed by atoms with Gasteiger partial charge in [0.2, 0.25) is 0 Å². The second-order valence-electron chi connectivity index (χ2n) is 3.09. The highest BCUT2D eigenvalue weighted by Crippen LogP contribution is 2.74. The summed E-state index contributed by atoms with van der Waals surface area (Å²) in [6.45, 7) is 0.542. The van der Waals surface area contributed by atoms with Crippen LogP contribution in [0.1, 0.15) is 6.92 Å². The summed E-state index contributed by atoms with van der Waals surface area (Å²) in [5.74, 6) is -3.86. The SMILES string of the molecule is CC1(C(F)(F)F)C(C(=O)O)C1(F)Br. The number of carboxylic acid groups (broad SMARTS) is 1. The first-order valence-corrected chi connectivity index (χ1v) is 4.03. The third kappa shape index (κ3) is 1.09. The van der Waals surface area contributed by atoms with Crippen LogP contribution in [-0.2, 0) is 4.79 Å². The Morgan fingerprint density at radius 2 is 1.92 bits per heavy atom. The normalized spacial score (nSPS) is 44.6. The summed E-state index contributed by atoms with van der Waals surface area (Å²) in [4.78, 5) is 10.3. The summed E-state index contributed by atoms with van der Waals surface area (Å²) in [5.41, 5.74) is -2.83. The summed E-state index contributed by atoms with van der Waals surface area (Å²) in [5, 5.41) is 8.32. The molecule has 13 heavy (non-hydrogen) atoms. The molecule has 0 aromatic carbocycles. The fourth-order valence-corrected chi connectivity index (χ4v) is 2.28. The lowest BCUT2D eigenvalue weighted by Gasteiger charge is -2.14. The highest BCUT2D eigenvalue weighted by molar-refractivity contribution is 9.10. The molecule has 0 spiro atoms. The van der Waals surface area contributed by atoms with Gasteiger partial charge in [-0.2, -0.15) is 13.2 Å². The number of aliphatic carboxylic acids is 1. The summed E-state index contributed by atoms with van der Waals surface area (Å²) in [7, 11) is 0. The molecule has 1 rings (SSSR count). The molecule has 1 N–H and O–H groups in total. The molecule has 0 amide bonds. The molecule has 3 atom stereocenters. The van der Waals surface area contributed by atoms with E-state index >= 15 is 0 Å². The first-order valence-electron chi connectivity index (χ1n) is 3.24. The third-order valence-electron chi connectivity index (χ3n) is 2.38. The van der Waals surface area contributed by atoms with Crippen molar-refractivity contribution in [3.63, 3.8) is 0 Å². The molecular formula is C6H5BrF4O2. The molecule has 76 valence electrons. The standard InChI is InChI=1S/C6H5BrF4O2/c1-4(6(9,10)11)2(3(12)13)5(4,7)8/h2H,1H3,(H,12,13). The minimum absolute atomic E-state index is 0.542. The Labute approximate surface area is 79.0 Å². The van der Waals surface area contributed by atoms with Crippen LogP contribution in [-0.4, -0.2) is 21.8 Å². The topological polar surface area (TPSA) is 37.3 Å². The summed E-state index contributed by atoms with van der Waals surface area (Å²) >= 11 is 2.14. The van der Waals surface area contributed by atoms with Gasteiger partial charge in [0.05, 0.1) is 0 Å². The van der Waals surface area contributed by atoms with Crippen LogP contribution in [0.25, 0.3) is 0 Å². The number of hydrogen-bond acceptors (Lipinski definition) is 1. The van der Waals surface area contributed by atoms with E-state index < -0.39 is 28.1 Å². The van der Waals surface area contributed by atoms with E-state index in [4.69, 9.17) is 5.11 Å². The molecule has 0 saturated heterocycles. The molecule has 2 nitrogen and oxygen atoms in total. The molecule has 0 bridgehead atoms. The molecule has 0 heterocycles. The van der Waals surface area contributed by atoms with Crippen LogP contribution in [0.5, 0.6) is 0 Å². The van der Waals surface area contributed by atoms with Crippen molar-refractivity contribution in [3.8, 4) is 0 Å². The van der Waals surface area contributed by atoms with Crippen molar-refractivity contribution in [2.45, 2.75) is 17.7 Å². The monoisotopic (exact) mass is 264 g/mol. The molecule has 0 aromatic heterocycles. The summed E-state index contributed by atoms with van der Waals surface area (Å²) < 4.78 is 46.8. The van der Waals surface area contributed by atoms with Crippen LogP contribution in [0, 0.1) is 11.3 Å². The van der Waals surface area contributed by atoms with Crippen molar-refractivity contribution in [1.82, 2.24) is 0 Å². The van der Waals surface area contributed by atoms with Gasteiger partial charge in [0.25, 0.3) is 0 Å². The molecule has 1 aliphatic rings. The maximum absolute atomic E-state index is 13.1. The van der Waals surface area contributed by atoms with Gasteiger partial charge in [0.15, 0.2) is 4.58 Å². The quantitative estimate of drug-likeness (QED) is 0.583. The van der Waals surface area contributed by atoms with Gasteiger partial charge in [-0.3, -0.25) is 4.79 Å². The first kappa shape index (κ1) is 10.7. The zero-order valence-electron chi connectivity index (χ0n) is 6.32. The number of halogens is 5. The van der Waals surface area contributed by atoms with Crippen molar-refractivity contribution in [1.29, 1.82) is 0 Å². The fraction of sp³-hybridized carbons (Fsp3) is 0.833. The highest BCUT2D eigenvalue weighted by Gasteiger charge is 2.88. The molecular weight excluding hydrogens is 260 g/mol. The Bertz CT molecular complexity index is 262. The molecule has 0 aromatic rings. The average molecular weight is 265 g/mol. The summed E-state index contributed by atoms with van der Waals surface area (Å²) in [6, 6.07) is 0. The lowest BCUT2D eigenvalue weighted by molar-refractivity contribution is -0.194. The van der Waals surface area contributed by atoms with Gasteiger partial charge >= 0.3 is 12.1 Å². The predicted octanol–water partition coefficient (Wildman–Crippen LogP) is 2.33. The maximum atomic E-state index is 13.1. The lowest BCUT2D eigenvalue weighted by Crippen LogP contribution is -2.28. The fourth-order valence-electron chi connectivity index (χ4n) is 1.29. The van der Waals surface area contributed by atoms with Gasteiger partial charge in [-0.05, 0) is 22.9 Å². The van der Waals surface area contributed by atoms with Crippen LogP contribution < -0.4 is 0 Å². The van der Waals surface area contributed by atoms with E-state index in [1.165, 1.54) is 0 Å². The zero-order chi connectivity index (χ0) is 10.7. The molecule has 0 radical (unpaired) electrons. The van der Waals surface area contributed by atoms with Gasteiger partial charge in [0, 0.05) is 0 Å². The minimum atomic E-state index is -4.87. The average Bonchev–Trinajstić information content (AvgIpc) is 2.26. The molecule has 0 aliphatic heterocycles. The van der Waals surface area contributed by atoms with E-state index in [1.54, 1.807) is 0 Å². The van der Waals surface area contributed by atoms with Crippen LogP contribution >= 0.6 is 15.9 Å². The Balaban J connectivity index is 3.04. The molecule has 3 unspecified atom stereocenters. The van der Waals surface area contributed by atoms with Crippen LogP contribution in [0.4, 0.5) is 17.6 Å². The van der Waals surface area contributed by atoms with Crippen molar-refractivity contribution in [2.24, 2.45) is 11.3 Å². The Hall–Kier alpha value is -0.330. The van der Waals surface area contributed by atoms with E-state index in [1.807, 2.05) is 0 Å². The smallest absolute Gasteiger partial charge is 0.399 e. The first-order chi connectivity index (χ1) is 5.57. The van der Waals surface area contributed by atoms with Gasteiger partial charge in [-0.25, -0.2) is 4.39 Å². The maximum Gasteiger partial charge on any atom is 0.399 e. The molecule has 1 fully saturated rings. The summed E-state index contributed by atoms with van der Waals surface area (Å²) in [6.07, 6.45) is -4.87. The van der Waals surface area contributed by atoms with E-state index in [9.17, 15) is 22.4 Å². The number of hydrogen-bond donors (Lipinski definition) is 1. The van der Waals surface area contributed by atoms with Gasteiger partial charge in [-0.15, -0.1) is 0 Å². The van der Waals surface area contributed by atoms with Crippen LogP contribution in [0.3, 0.4) is 0 Å². The van der Waals surface area contributed by atoms with E-state index in [2.05, 4.69) is 15.9 Å². The highest BCUT2D eigenvalue weighted by atomic mass is 79.9. The van der Waals surface area contributed by atoms with Crippen molar-refractivity contribution in [2.75, 3.05) is 0 Å². The van der Waals surface area contributed by atoms with Gasteiger partial charge < -0.3 is 5.11 Å². The largest absolute Gasteiger partial charge is 0.481 e. The van der Waals surface area contributed by atoms with E-state index in [-0.39, 0.29) is 0 Å². The zero-order valence-corrected chi connectivity index (χ0v) is 7.91. The van der Waals surface area contributed by atoms with Crippen LogP contribution in [0.2, 0.25) is 0 Å². The van der Waals surface area contributed by atoms with Crippen molar-refractivity contribution in [3.05, 3.63) is 0 Å². The minimum Gasteiger partial charge on any atom is -0.481 e. The molecule has 7 heteroatoms. The number of carbonyl (C=O) groups is 1. The second-order valence-corrected chi connectivity index (χ2v) is 4.25. The number of carboxylic acids is 1. The molecule has 1 aliphatic carbocycles. The third-order valence-corrected chi connectivity index (χ3v) is 3.67. The predicted molar refractivity (Wildman–Crippen MR) is 38.1 cm³/mol. The Morgan fingerprint density at radius 1 is 1.54 bits per heavy atom.